The van der Waals surface area contributed by atoms with E-state index in [9.17, 15) is 14.4 Å². The summed E-state index contributed by atoms with van der Waals surface area (Å²) in [7, 11) is 0. The summed E-state index contributed by atoms with van der Waals surface area (Å²) in [6, 6.07) is 26.3. The fraction of sp³-hybridized carbons (Fsp3) is 0.300. The Morgan fingerprint density at radius 2 is 1.42 bits per heavy atom. The number of halogens is 1. The highest BCUT2D eigenvalue weighted by Crippen LogP contribution is 2.28. The number of para-hydroxylation sites is 1. The molecule has 200 valence electrons. The van der Waals surface area contributed by atoms with Crippen LogP contribution >= 0.6 is 15.9 Å². The van der Waals surface area contributed by atoms with Gasteiger partial charge in [-0.05, 0) is 50.5 Å². The Morgan fingerprint density at radius 3 is 2.00 bits per heavy atom. The number of esters is 1. The van der Waals surface area contributed by atoms with E-state index in [1.165, 1.54) is 0 Å². The van der Waals surface area contributed by atoms with E-state index in [1.54, 1.807) is 45.0 Å². The molecule has 2 amide bonds. The SMILES string of the molecule is CC(C)(C)OC(=O)CC[C@@H](C(=O)Nc1ccccc1)N(OCc1ccccc1)C(=O)[C@@H](Br)c1ccccc1. The number of alkyl halides is 1. The lowest BCUT2D eigenvalue weighted by molar-refractivity contribution is -0.207. The van der Waals surface area contributed by atoms with E-state index in [2.05, 4.69) is 21.2 Å². The van der Waals surface area contributed by atoms with Gasteiger partial charge in [-0.3, -0.25) is 19.2 Å². The normalized spacial score (nSPS) is 12.7. The van der Waals surface area contributed by atoms with E-state index in [1.807, 2.05) is 66.7 Å². The van der Waals surface area contributed by atoms with Crippen LogP contribution in [0.2, 0.25) is 0 Å². The number of hydroxylamine groups is 2. The van der Waals surface area contributed by atoms with Gasteiger partial charge in [0.05, 0.1) is 0 Å². The smallest absolute Gasteiger partial charge is 0.306 e. The van der Waals surface area contributed by atoms with Crippen LogP contribution in [0.4, 0.5) is 5.69 Å². The summed E-state index contributed by atoms with van der Waals surface area (Å²) in [4.78, 5) is 45.2. The predicted octanol–water partition coefficient (Wildman–Crippen LogP) is 6.21. The molecule has 7 nitrogen and oxygen atoms in total. The summed E-state index contributed by atoms with van der Waals surface area (Å²) in [5.74, 6) is -1.41. The zero-order chi connectivity index (χ0) is 27.5. The lowest BCUT2D eigenvalue weighted by Crippen LogP contribution is -2.48. The number of carbonyl (C=O) groups excluding carboxylic acids is 3. The van der Waals surface area contributed by atoms with Gasteiger partial charge in [0.15, 0.2) is 0 Å². The Morgan fingerprint density at radius 1 is 0.868 bits per heavy atom. The molecule has 1 N–H and O–H groups in total. The first-order valence-electron chi connectivity index (χ1n) is 12.4. The maximum atomic E-state index is 13.8. The molecule has 3 aromatic carbocycles. The van der Waals surface area contributed by atoms with Crippen LogP contribution in [0.15, 0.2) is 91.0 Å². The molecule has 0 fully saturated rings. The molecule has 2 atom stereocenters. The molecule has 0 bridgehead atoms. The quantitative estimate of drug-likeness (QED) is 0.165. The number of nitrogens with zero attached hydrogens (tertiary/aromatic N) is 1. The third kappa shape index (κ3) is 9.11. The average molecular weight is 582 g/mol. The van der Waals surface area contributed by atoms with Gasteiger partial charge in [0.2, 0.25) is 5.91 Å². The molecule has 38 heavy (non-hydrogen) atoms. The van der Waals surface area contributed by atoms with Gasteiger partial charge < -0.3 is 10.1 Å². The largest absolute Gasteiger partial charge is 0.460 e. The van der Waals surface area contributed by atoms with Crippen molar-refractivity contribution < 1.29 is 24.0 Å². The fourth-order valence-corrected chi connectivity index (χ4v) is 4.16. The topological polar surface area (TPSA) is 84.9 Å². The van der Waals surface area contributed by atoms with Crippen molar-refractivity contribution in [1.82, 2.24) is 5.06 Å². The number of ether oxygens (including phenoxy) is 1. The van der Waals surface area contributed by atoms with E-state index >= 15 is 0 Å². The van der Waals surface area contributed by atoms with Gasteiger partial charge in [0, 0.05) is 12.1 Å². The Balaban J connectivity index is 1.91. The second-order valence-electron chi connectivity index (χ2n) is 9.69. The summed E-state index contributed by atoms with van der Waals surface area (Å²) in [5, 5.41) is 3.93. The van der Waals surface area contributed by atoms with Crippen molar-refractivity contribution in [3.8, 4) is 0 Å². The Hall–Kier alpha value is -3.49. The van der Waals surface area contributed by atoms with Crippen LogP contribution in [0.5, 0.6) is 0 Å². The number of amides is 2. The van der Waals surface area contributed by atoms with Crippen molar-refractivity contribution in [3.05, 3.63) is 102 Å². The zero-order valence-electron chi connectivity index (χ0n) is 21.8. The van der Waals surface area contributed by atoms with Gasteiger partial charge >= 0.3 is 5.97 Å². The highest BCUT2D eigenvalue weighted by molar-refractivity contribution is 9.09. The average Bonchev–Trinajstić information content (AvgIpc) is 2.90. The van der Waals surface area contributed by atoms with Crippen molar-refractivity contribution in [2.75, 3.05) is 5.32 Å². The number of hydrogen-bond acceptors (Lipinski definition) is 5. The molecule has 0 heterocycles. The van der Waals surface area contributed by atoms with Gasteiger partial charge in [-0.1, -0.05) is 94.8 Å². The highest BCUT2D eigenvalue weighted by atomic mass is 79.9. The second-order valence-corrected chi connectivity index (χ2v) is 10.6. The van der Waals surface area contributed by atoms with Crippen molar-refractivity contribution >= 4 is 39.4 Å². The van der Waals surface area contributed by atoms with Crippen molar-refractivity contribution in [2.24, 2.45) is 0 Å². The summed E-state index contributed by atoms with van der Waals surface area (Å²) < 4.78 is 5.45. The van der Waals surface area contributed by atoms with Crippen LogP contribution in [0.3, 0.4) is 0 Å². The van der Waals surface area contributed by atoms with Crippen LogP contribution in [-0.2, 0) is 30.6 Å². The number of hydrogen-bond donors (Lipinski definition) is 1. The molecule has 3 aromatic rings. The molecule has 0 spiro atoms. The van der Waals surface area contributed by atoms with Crippen molar-refractivity contribution in [3.63, 3.8) is 0 Å². The van der Waals surface area contributed by atoms with Gasteiger partial charge in [0.1, 0.15) is 23.1 Å². The van der Waals surface area contributed by atoms with E-state index in [-0.39, 0.29) is 19.4 Å². The maximum absolute atomic E-state index is 13.8. The minimum absolute atomic E-state index is 0.00260. The zero-order valence-corrected chi connectivity index (χ0v) is 23.4. The van der Waals surface area contributed by atoms with Crippen molar-refractivity contribution in [2.45, 2.75) is 56.7 Å². The molecule has 0 unspecified atom stereocenters. The lowest BCUT2D eigenvalue weighted by atomic mass is 10.1. The van der Waals surface area contributed by atoms with Crippen molar-refractivity contribution in [1.29, 1.82) is 0 Å². The van der Waals surface area contributed by atoms with Crippen LogP contribution in [0.1, 0.15) is 49.6 Å². The fourth-order valence-electron chi connectivity index (χ4n) is 3.65. The summed E-state index contributed by atoms with van der Waals surface area (Å²) in [6.45, 7) is 5.39. The highest BCUT2D eigenvalue weighted by Gasteiger charge is 2.36. The Bertz CT molecular complexity index is 1180. The minimum Gasteiger partial charge on any atom is -0.460 e. The standard InChI is InChI=1S/C30H33BrN2O5/c1-30(2,3)38-26(34)20-19-25(28(35)32-24-17-11-6-12-18-24)33(37-21-22-13-7-4-8-14-22)29(36)27(31)23-15-9-5-10-16-23/h4-18,25,27H,19-21H2,1-3H3,(H,32,35)/t25-,27-/m0/s1. The van der Waals surface area contributed by atoms with Gasteiger partial charge in [0.25, 0.3) is 5.91 Å². The summed E-state index contributed by atoms with van der Waals surface area (Å²) in [6.07, 6.45) is -0.0798. The summed E-state index contributed by atoms with van der Waals surface area (Å²) in [5.41, 5.74) is 1.42. The minimum atomic E-state index is -1.11. The van der Waals surface area contributed by atoms with Crippen LogP contribution in [0.25, 0.3) is 0 Å². The monoisotopic (exact) mass is 580 g/mol. The molecule has 0 aromatic heterocycles. The van der Waals surface area contributed by atoms with Crippen LogP contribution in [0, 0.1) is 0 Å². The molecular weight excluding hydrogens is 548 g/mol. The molecule has 3 rings (SSSR count). The van der Waals surface area contributed by atoms with Gasteiger partial charge in [-0.25, -0.2) is 5.06 Å². The number of carbonyl (C=O) groups is 3. The molecule has 0 aliphatic heterocycles. The lowest BCUT2D eigenvalue weighted by Gasteiger charge is -2.31. The molecule has 0 aliphatic carbocycles. The third-order valence-electron chi connectivity index (χ3n) is 5.41. The van der Waals surface area contributed by atoms with Gasteiger partial charge in [-0.2, -0.15) is 0 Å². The molecule has 8 heteroatoms. The Labute approximate surface area is 232 Å². The maximum Gasteiger partial charge on any atom is 0.306 e. The van der Waals surface area contributed by atoms with E-state index < -0.39 is 34.3 Å². The first-order valence-corrected chi connectivity index (χ1v) is 13.3. The van der Waals surface area contributed by atoms with Crippen LogP contribution < -0.4 is 5.32 Å². The first kappa shape index (κ1) is 29.1. The second kappa shape index (κ2) is 13.9. The van der Waals surface area contributed by atoms with Crippen LogP contribution in [-0.4, -0.2) is 34.5 Å². The molecule has 0 saturated carbocycles. The number of anilines is 1. The number of benzene rings is 3. The Kier molecular flexibility index (Phi) is 10.6. The first-order chi connectivity index (χ1) is 18.1. The summed E-state index contributed by atoms with van der Waals surface area (Å²) >= 11 is 3.49. The molecular formula is C30H33BrN2O5. The van der Waals surface area contributed by atoms with E-state index in [0.717, 1.165) is 10.6 Å². The van der Waals surface area contributed by atoms with E-state index in [4.69, 9.17) is 9.57 Å². The molecule has 0 aliphatic rings. The number of nitrogens with one attached hydrogen (secondary N) is 1. The van der Waals surface area contributed by atoms with E-state index in [0.29, 0.717) is 11.3 Å². The molecule has 0 saturated heterocycles. The predicted molar refractivity (Wildman–Crippen MR) is 150 cm³/mol. The van der Waals surface area contributed by atoms with Gasteiger partial charge in [-0.15, -0.1) is 0 Å². The third-order valence-corrected chi connectivity index (χ3v) is 6.33. The molecule has 0 radical (unpaired) electrons. The number of rotatable bonds is 11.